The van der Waals surface area contributed by atoms with Crippen LogP contribution in [0.2, 0.25) is 0 Å². The predicted octanol–water partition coefficient (Wildman–Crippen LogP) is 4.71. The summed E-state index contributed by atoms with van der Waals surface area (Å²) in [6.45, 7) is 5.68. The summed E-state index contributed by atoms with van der Waals surface area (Å²) in [5.41, 5.74) is 2.31. The fourth-order valence-corrected chi connectivity index (χ4v) is 5.33. The van der Waals surface area contributed by atoms with Gasteiger partial charge in [0, 0.05) is 26.1 Å². The predicted molar refractivity (Wildman–Crippen MR) is 142 cm³/mol. The third-order valence-corrected chi connectivity index (χ3v) is 7.50. The molecule has 0 bridgehead atoms. The molecule has 1 N–H and O–H groups in total. The highest BCUT2D eigenvalue weighted by molar-refractivity contribution is 6.04. The van der Waals surface area contributed by atoms with E-state index in [0.717, 1.165) is 54.4 Å². The molecule has 6 rings (SSSR count). The maximum absolute atomic E-state index is 14.2. The highest BCUT2D eigenvalue weighted by Crippen LogP contribution is 2.41. The summed E-state index contributed by atoms with van der Waals surface area (Å²) in [5, 5.41) is 0. The smallest absolute Gasteiger partial charge is 0.418 e. The molecule has 4 aromatic rings. The van der Waals surface area contributed by atoms with Crippen LogP contribution in [-0.4, -0.2) is 58.1 Å². The summed E-state index contributed by atoms with van der Waals surface area (Å²) in [4.78, 5) is 39.0. The minimum Gasteiger partial charge on any atom is -0.424 e. The van der Waals surface area contributed by atoms with Gasteiger partial charge in [0.2, 0.25) is 0 Å². The van der Waals surface area contributed by atoms with Crippen molar-refractivity contribution in [2.75, 3.05) is 26.3 Å². The Bertz CT molecular complexity index is 1500. The van der Waals surface area contributed by atoms with Crippen molar-refractivity contribution < 1.29 is 23.5 Å². The number of carbonyl (C=O) groups excluding carboxylic acids is 2. The molecule has 9 heteroatoms. The number of hydrogen-bond donors (Lipinski definition) is 1. The molecule has 200 valence electrons. The van der Waals surface area contributed by atoms with Crippen molar-refractivity contribution in [1.82, 2.24) is 19.8 Å². The van der Waals surface area contributed by atoms with Gasteiger partial charge in [-0.3, -0.25) is 9.69 Å². The number of ether oxygens (including phenoxy) is 2. The molecule has 39 heavy (non-hydrogen) atoms. The number of fused-ring (bicyclic) bond motifs is 1. The summed E-state index contributed by atoms with van der Waals surface area (Å²) in [6, 6.07) is 20.5. The van der Waals surface area contributed by atoms with Crippen molar-refractivity contribution >= 4 is 23.0 Å². The Kier molecular flexibility index (Phi) is 6.62. The Balaban J connectivity index is 1.37. The van der Waals surface area contributed by atoms with E-state index in [1.165, 1.54) is 12.1 Å². The molecule has 2 saturated heterocycles. The molecule has 2 aliphatic rings. The Morgan fingerprint density at radius 3 is 2.49 bits per heavy atom. The lowest BCUT2D eigenvalue weighted by molar-refractivity contribution is -0.139. The van der Waals surface area contributed by atoms with Gasteiger partial charge in [0.05, 0.1) is 30.3 Å². The summed E-state index contributed by atoms with van der Waals surface area (Å²) in [5.74, 6) is -0.632. The number of amides is 2. The number of morpholine rings is 1. The fraction of sp³-hybridized carbons (Fsp3) is 0.300. The summed E-state index contributed by atoms with van der Waals surface area (Å²) >= 11 is 0. The number of nitrogens with zero attached hydrogens (tertiary/aromatic N) is 3. The number of aromatic nitrogens is 2. The molecule has 2 atom stereocenters. The van der Waals surface area contributed by atoms with E-state index in [1.54, 1.807) is 19.1 Å². The minimum absolute atomic E-state index is 0.117. The molecule has 2 amide bonds. The molecular formula is C30H29FN4O4. The minimum atomic E-state index is -1.67. The number of benzene rings is 3. The van der Waals surface area contributed by atoms with Crippen LogP contribution in [0.25, 0.3) is 11.0 Å². The van der Waals surface area contributed by atoms with E-state index >= 15 is 0 Å². The summed E-state index contributed by atoms with van der Waals surface area (Å²) in [6.07, 6.45) is -0.646. The Labute approximate surface area is 225 Å². The molecule has 0 aliphatic carbocycles. The molecular weight excluding hydrogens is 499 g/mol. The van der Waals surface area contributed by atoms with Gasteiger partial charge >= 0.3 is 6.09 Å². The average Bonchev–Trinajstić information content (AvgIpc) is 3.48. The number of imidazole rings is 1. The highest BCUT2D eigenvalue weighted by Gasteiger charge is 2.58. The molecule has 1 aromatic heterocycles. The van der Waals surface area contributed by atoms with Crippen LogP contribution in [-0.2, 0) is 32.8 Å². The number of imide groups is 1. The highest BCUT2D eigenvalue weighted by atomic mass is 19.1. The molecule has 8 nitrogen and oxygen atoms in total. The number of carbonyl (C=O) groups is 2. The molecule has 0 unspecified atom stereocenters. The molecule has 0 saturated carbocycles. The normalized spacial score (nSPS) is 20.9. The van der Waals surface area contributed by atoms with Crippen molar-refractivity contribution in [3.63, 3.8) is 0 Å². The van der Waals surface area contributed by atoms with Crippen LogP contribution in [0, 0.1) is 5.82 Å². The number of cyclic esters (lactones) is 1. The van der Waals surface area contributed by atoms with Crippen LogP contribution in [0.15, 0.2) is 72.8 Å². The summed E-state index contributed by atoms with van der Waals surface area (Å²) in [7, 11) is 0. The second-order valence-corrected chi connectivity index (χ2v) is 10.1. The van der Waals surface area contributed by atoms with E-state index in [9.17, 15) is 14.0 Å². The molecule has 2 aliphatic heterocycles. The van der Waals surface area contributed by atoms with E-state index in [4.69, 9.17) is 14.5 Å². The standard InChI is InChI=1S/C30H29FN4O4/c1-20(23-8-10-24(31)11-9-23)35-28(36)30(39-29(35)37,18-21-5-3-2-4-6-21)27-32-25-12-7-22(17-26(25)33-27)19-34-13-15-38-16-14-34/h2-12,17,20H,13-16,18-19H2,1H3,(H,32,33)/t20-,30-/m1/s1. The third kappa shape index (κ3) is 4.79. The van der Waals surface area contributed by atoms with Gasteiger partial charge in [-0.1, -0.05) is 48.5 Å². The second-order valence-electron chi connectivity index (χ2n) is 10.1. The number of hydrogen-bond acceptors (Lipinski definition) is 6. The lowest BCUT2D eigenvalue weighted by atomic mass is 9.92. The van der Waals surface area contributed by atoms with Crippen molar-refractivity contribution in [2.24, 2.45) is 0 Å². The molecule has 2 fully saturated rings. The van der Waals surface area contributed by atoms with Gasteiger partial charge in [0.1, 0.15) is 5.82 Å². The van der Waals surface area contributed by atoms with Crippen molar-refractivity contribution in [1.29, 1.82) is 0 Å². The van der Waals surface area contributed by atoms with Gasteiger partial charge < -0.3 is 14.5 Å². The number of rotatable bonds is 7. The van der Waals surface area contributed by atoms with E-state index in [0.29, 0.717) is 11.1 Å². The number of nitrogens with one attached hydrogen (secondary N) is 1. The number of H-pyrrole nitrogens is 1. The van der Waals surface area contributed by atoms with Gasteiger partial charge in [-0.25, -0.2) is 19.1 Å². The zero-order valence-electron chi connectivity index (χ0n) is 21.6. The van der Waals surface area contributed by atoms with E-state index in [1.807, 2.05) is 48.5 Å². The number of halogens is 1. The fourth-order valence-electron chi connectivity index (χ4n) is 5.33. The van der Waals surface area contributed by atoms with Crippen LogP contribution in [0.1, 0.15) is 35.5 Å². The average molecular weight is 529 g/mol. The second kappa shape index (κ2) is 10.2. The summed E-state index contributed by atoms with van der Waals surface area (Å²) < 4.78 is 24.9. The quantitative estimate of drug-likeness (QED) is 0.374. The van der Waals surface area contributed by atoms with E-state index in [-0.39, 0.29) is 12.2 Å². The van der Waals surface area contributed by atoms with Crippen molar-refractivity contribution in [2.45, 2.75) is 31.5 Å². The maximum Gasteiger partial charge on any atom is 0.418 e. The Morgan fingerprint density at radius 2 is 1.74 bits per heavy atom. The van der Waals surface area contributed by atoms with Gasteiger partial charge in [-0.15, -0.1) is 0 Å². The third-order valence-electron chi connectivity index (χ3n) is 7.50. The van der Waals surface area contributed by atoms with Crippen molar-refractivity contribution in [3.8, 4) is 0 Å². The first-order valence-electron chi connectivity index (χ1n) is 13.1. The largest absolute Gasteiger partial charge is 0.424 e. The zero-order chi connectivity index (χ0) is 27.0. The molecule has 0 spiro atoms. The molecule has 3 heterocycles. The van der Waals surface area contributed by atoms with Gasteiger partial charge in [-0.2, -0.15) is 0 Å². The molecule has 3 aromatic carbocycles. The van der Waals surface area contributed by atoms with Gasteiger partial charge in [-0.05, 0) is 47.9 Å². The lowest BCUT2D eigenvalue weighted by Crippen LogP contribution is -2.42. The SMILES string of the molecule is C[C@H](c1ccc(F)cc1)N1C(=O)O[C@](Cc2ccccc2)(c2nc3cc(CN4CCOCC4)ccc3[nH]2)C1=O. The van der Waals surface area contributed by atoms with Crippen molar-refractivity contribution in [3.05, 3.63) is 101 Å². The Morgan fingerprint density at radius 1 is 1.00 bits per heavy atom. The van der Waals surface area contributed by atoms with E-state index < -0.39 is 29.5 Å². The first kappa shape index (κ1) is 25.2. The van der Waals surface area contributed by atoms with Gasteiger partial charge in [0.15, 0.2) is 5.82 Å². The van der Waals surface area contributed by atoms with Crippen LogP contribution in [0.3, 0.4) is 0 Å². The van der Waals surface area contributed by atoms with E-state index in [2.05, 4.69) is 9.88 Å². The molecule has 0 radical (unpaired) electrons. The zero-order valence-corrected chi connectivity index (χ0v) is 21.6. The van der Waals surface area contributed by atoms with Crippen LogP contribution in [0.5, 0.6) is 0 Å². The van der Waals surface area contributed by atoms with Gasteiger partial charge in [0.25, 0.3) is 11.5 Å². The first-order chi connectivity index (χ1) is 18.9. The van der Waals surface area contributed by atoms with Crippen LogP contribution >= 0.6 is 0 Å². The van der Waals surface area contributed by atoms with Crippen LogP contribution < -0.4 is 0 Å². The lowest BCUT2D eigenvalue weighted by Gasteiger charge is -2.26. The first-order valence-corrected chi connectivity index (χ1v) is 13.1. The maximum atomic E-state index is 14.2. The Hall–Kier alpha value is -4.08. The monoisotopic (exact) mass is 528 g/mol. The topological polar surface area (TPSA) is 87.8 Å². The van der Waals surface area contributed by atoms with Crippen LogP contribution in [0.4, 0.5) is 9.18 Å². The number of aromatic amines is 1.